The van der Waals surface area contributed by atoms with E-state index in [2.05, 4.69) is 4.99 Å². The number of aromatic hydroxyl groups is 1. The zero-order valence-electron chi connectivity index (χ0n) is 19.0. The van der Waals surface area contributed by atoms with E-state index in [0.717, 1.165) is 0 Å². The zero-order valence-corrected chi connectivity index (χ0v) is 19.8. The van der Waals surface area contributed by atoms with Crippen LogP contribution in [0.15, 0.2) is 23.2 Å². The molecule has 0 amide bonds. The normalized spacial score (nSPS) is 17.9. The highest BCUT2D eigenvalue weighted by atomic mass is 32.2. The van der Waals surface area contributed by atoms with Gasteiger partial charge >= 0.3 is 5.97 Å². The highest BCUT2D eigenvalue weighted by molar-refractivity contribution is 8.14. The fourth-order valence-electron chi connectivity index (χ4n) is 2.71. The second-order valence-corrected chi connectivity index (χ2v) is 8.02. The van der Waals surface area contributed by atoms with Gasteiger partial charge in [0.25, 0.3) is 0 Å². The molecule has 1 atom stereocenters. The summed E-state index contributed by atoms with van der Waals surface area (Å²) in [5, 5.41) is 11.0. The first-order valence-electron chi connectivity index (χ1n) is 10.6. The molecule has 0 saturated heterocycles. The molecule has 0 aromatic heterocycles. The van der Waals surface area contributed by atoms with E-state index in [-0.39, 0.29) is 11.7 Å². The third kappa shape index (κ3) is 8.59. The van der Waals surface area contributed by atoms with Gasteiger partial charge in [0.1, 0.15) is 23.1 Å². The fourth-order valence-corrected chi connectivity index (χ4v) is 3.91. The first-order chi connectivity index (χ1) is 15.5. The number of phenolic OH excluding ortho intramolecular Hbond substituents is 1. The molecule has 0 spiro atoms. The smallest absolute Gasteiger partial charge is 0.334 e. The van der Waals surface area contributed by atoms with Crippen LogP contribution in [0.5, 0.6) is 11.5 Å². The molecule has 0 fully saturated rings. The first-order valence-corrected chi connectivity index (χ1v) is 11.6. The Bertz CT molecular complexity index is 745. The summed E-state index contributed by atoms with van der Waals surface area (Å²) < 4.78 is 31.7. The van der Waals surface area contributed by atoms with Crippen LogP contribution in [-0.4, -0.2) is 94.0 Å². The minimum atomic E-state index is -0.935. The molecule has 1 unspecified atom stereocenters. The molecule has 10 heteroatoms. The van der Waals surface area contributed by atoms with E-state index < -0.39 is 5.54 Å². The Morgan fingerprint density at radius 2 is 1.69 bits per heavy atom. The maximum Gasteiger partial charge on any atom is 0.334 e. The van der Waals surface area contributed by atoms with E-state index in [1.54, 1.807) is 33.1 Å². The number of hydrogen-bond donors (Lipinski definition) is 1. The van der Waals surface area contributed by atoms with Gasteiger partial charge in [-0.25, -0.2) is 4.79 Å². The minimum Gasteiger partial charge on any atom is -0.507 e. The van der Waals surface area contributed by atoms with Gasteiger partial charge in [-0.1, -0.05) is 0 Å². The van der Waals surface area contributed by atoms with Crippen LogP contribution in [0.1, 0.15) is 19.4 Å². The number of thioether (sulfide) groups is 1. The second-order valence-electron chi connectivity index (χ2n) is 7.06. The average molecular weight is 472 g/mol. The van der Waals surface area contributed by atoms with Crippen molar-refractivity contribution in [1.29, 1.82) is 0 Å². The van der Waals surface area contributed by atoms with Crippen LogP contribution in [0.2, 0.25) is 0 Å². The number of hydrogen-bond acceptors (Lipinski definition) is 10. The molecule has 1 heterocycles. The van der Waals surface area contributed by atoms with Crippen LogP contribution < -0.4 is 4.74 Å². The van der Waals surface area contributed by atoms with Crippen LogP contribution in [0.4, 0.5) is 0 Å². The maximum absolute atomic E-state index is 12.1. The Morgan fingerprint density at radius 3 is 2.28 bits per heavy atom. The third-order valence-corrected chi connectivity index (χ3v) is 5.72. The molecule has 0 bridgehead atoms. The molecule has 32 heavy (non-hydrogen) atoms. The molecular formula is C22H33NO8S. The largest absolute Gasteiger partial charge is 0.507 e. The van der Waals surface area contributed by atoms with Gasteiger partial charge in [-0.3, -0.25) is 4.99 Å². The van der Waals surface area contributed by atoms with E-state index >= 15 is 0 Å². The maximum atomic E-state index is 12.1. The fraction of sp³-hybridized carbons (Fsp3) is 0.636. The number of ether oxygens (including phenoxy) is 6. The van der Waals surface area contributed by atoms with Gasteiger partial charge in [0.05, 0.1) is 52.9 Å². The predicted octanol–water partition coefficient (Wildman–Crippen LogP) is 2.28. The molecule has 9 nitrogen and oxygen atoms in total. The summed E-state index contributed by atoms with van der Waals surface area (Å²) in [7, 11) is 1.63. The van der Waals surface area contributed by atoms with Crippen molar-refractivity contribution in [1.82, 2.24) is 0 Å². The number of carbonyl (C=O) groups excluding carboxylic acids is 1. The van der Waals surface area contributed by atoms with Gasteiger partial charge < -0.3 is 33.5 Å². The average Bonchev–Trinajstić information content (AvgIpc) is 3.18. The van der Waals surface area contributed by atoms with Gasteiger partial charge in [-0.15, -0.1) is 11.8 Å². The Labute approximate surface area is 193 Å². The van der Waals surface area contributed by atoms with Crippen molar-refractivity contribution < 1.29 is 38.3 Å². The number of benzene rings is 1. The van der Waals surface area contributed by atoms with Crippen molar-refractivity contribution >= 4 is 22.8 Å². The molecule has 1 aliphatic heterocycles. The Morgan fingerprint density at radius 1 is 1.06 bits per heavy atom. The quantitative estimate of drug-likeness (QED) is 0.287. The van der Waals surface area contributed by atoms with Crippen molar-refractivity contribution in [2.75, 3.05) is 72.3 Å². The molecule has 1 aromatic rings. The van der Waals surface area contributed by atoms with Crippen molar-refractivity contribution in [3.05, 3.63) is 23.8 Å². The van der Waals surface area contributed by atoms with Crippen LogP contribution in [-0.2, 0) is 28.5 Å². The van der Waals surface area contributed by atoms with Crippen molar-refractivity contribution in [3.8, 4) is 11.5 Å². The summed E-state index contributed by atoms with van der Waals surface area (Å²) in [6.45, 7) is 7.66. The number of nitrogens with zero attached hydrogens (tertiary/aromatic N) is 1. The Hall–Kier alpha value is -1.85. The number of esters is 1. The Kier molecular flexibility index (Phi) is 11.8. The van der Waals surface area contributed by atoms with Gasteiger partial charge in [-0.2, -0.15) is 0 Å². The van der Waals surface area contributed by atoms with E-state index in [1.807, 2.05) is 0 Å². The first kappa shape index (κ1) is 26.4. The minimum absolute atomic E-state index is 0.0453. The monoisotopic (exact) mass is 471 g/mol. The highest BCUT2D eigenvalue weighted by Gasteiger charge is 2.40. The van der Waals surface area contributed by atoms with E-state index in [1.165, 1.54) is 17.8 Å². The van der Waals surface area contributed by atoms with Gasteiger partial charge in [0.15, 0.2) is 5.54 Å². The second kappa shape index (κ2) is 14.3. The zero-order chi connectivity index (χ0) is 23.2. The summed E-state index contributed by atoms with van der Waals surface area (Å²) in [5.41, 5.74) is -0.370. The highest BCUT2D eigenvalue weighted by Crippen LogP contribution is 2.35. The van der Waals surface area contributed by atoms with Gasteiger partial charge in [-0.05, 0) is 26.0 Å². The summed E-state index contributed by atoms with van der Waals surface area (Å²) in [4.78, 5) is 16.6. The molecule has 0 saturated carbocycles. The lowest BCUT2D eigenvalue weighted by Crippen LogP contribution is -2.35. The lowest BCUT2D eigenvalue weighted by Gasteiger charge is -2.16. The van der Waals surface area contributed by atoms with E-state index in [4.69, 9.17) is 28.4 Å². The third-order valence-electron chi connectivity index (χ3n) is 4.43. The molecule has 1 N–H and O–H groups in total. The molecule has 2 rings (SSSR count). The van der Waals surface area contributed by atoms with Crippen molar-refractivity contribution in [3.63, 3.8) is 0 Å². The van der Waals surface area contributed by atoms with Crippen LogP contribution in [0, 0.1) is 0 Å². The molecule has 1 aromatic carbocycles. The predicted molar refractivity (Wildman–Crippen MR) is 122 cm³/mol. The summed E-state index contributed by atoms with van der Waals surface area (Å²) in [5.74, 6) is 0.684. The summed E-state index contributed by atoms with van der Waals surface area (Å²) in [6.07, 6.45) is 0. The summed E-state index contributed by atoms with van der Waals surface area (Å²) >= 11 is 1.42. The number of rotatable bonds is 16. The Balaban J connectivity index is 1.66. The van der Waals surface area contributed by atoms with Crippen molar-refractivity contribution in [2.45, 2.75) is 19.4 Å². The standard InChI is InChI=1S/C22H33NO8S/c1-4-30-21(25)22(2)16-32-20(23-22)18-6-5-17(15-19(18)24)31-14-13-29-12-11-28-10-9-27-8-7-26-3/h5-6,15,24H,4,7-14,16H2,1-3H3. The lowest BCUT2D eigenvalue weighted by molar-refractivity contribution is -0.147. The number of aliphatic imine (C=N–C) groups is 1. The van der Waals surface area contributed by atoms with E-state index in [0.29, 0.717) is 81.6 Å². The molecule has 0 radical (unpaired) electrons. The molecule has 0 aliphatic carbocycles. The van der Waals surface area contributed by atoms with Crippen LogP contribution in [0.3, 0.4) is 0 Å². The summed E-state index contributed by atoms with van der Waals surface area (Å²) in [6, 6.07) is 5.02. The van der Waals surface area contributed by atoms with Gasteiger partial charge in [0.2, 0.25) is 0 Å². The molecule has 1 aliphatic rings. The molecular weight excluding hydrogens is 438 g/mol. The topological polar surface area (TPSA) is 105 Å². The van der Waals surface area contributed by atoms with Gasteiger partial charge in [0, 0.05) is 24.5 Å². The van der Waals surface area contributed by atoms with Crippen molar-refractivity contribution in [2.24, 2.45) is 4.99 Å². The van der Waals surface area contributed by atoms with Crippen LogP contribution >= 0.6 is 11.8 Å². The van der Waals surface area contributed by atoms with E-state index in [9.17, 15) is 9.90 Å². The number of phenols is 1. The number of methoxy groups -OCH3 is 1. The molecule has 180 valence electrons. The van der Waals surface area contributed by atoms with Crippen LogP contribution in [0.25, 0.3) is 0 Å². The lowest BCUT2D eigenvalue weighted by atomic mass is 10.1. The SMILES string of the molecule is CCOC(=O)C1(C)CSC(c2ccc(OCCOCCOCCOCCOC)cc2O)=N1. The number of carbonyl (C=O) groups is 1.